The molecule has 6 nitrogen and oxygen atoms in total. The zero-order chi connectivity index (χ0) is 23.0. The minimum atomic E-state index is -4.44. The lowest BCUT2D eigenvalue weighted by Crippen LogP contribution is -2.56. The minimum Gasteiger partial charge on any atom is -0.368 e. The number of nitriles is 1. The molecule has 1 aliphatic heterocycles. The van der Waals surface area contributed by atoms with E-state index in [4.69, 9.17) is 0 Å². The van der Waals surface area contributed by atoms with Crippen LogP contribution in [-0.2, 0) is 16.0 Å². The Balaban J connectivity index is 1.88. The molecule has 1 atom stereocenters. The van der Waals surface area contributed by atoms with Gasteiger partial charge < -0.3 is 9.80 Å². The summed E-state index contributed by atoms with van der Waals surface area (Å²) in [6.07, 6.45) is -2.52. The van der Waals surface area contributed by atoms with Gasteiger partial charge in [-0.25, -0.2) is 13.4 Å². The predicted octanol–water partition coefficient (Wildman–Crippen LogP) is 3.73. The van der Waals surface area contributed by atoms with Crippen LogP contribution in [0.4, 0.5) is 24.7 Å². The fourth-order valence-corrected chi connectivity index (χ4v) is 4.58. The highest BCUT2D eigenvalue weighted by Crippen LogP contribution is 2.32. The summed E-state index contributed by atoms with van der Waals surface area (Å²) in [6.45, 7) is 5.61. The van der Waals surface area contributed by atoms with Crippen LogP contribution in [0.2, 0.25) is 0 Å². The maximum atomic E-state index is 12.9. The first-order chi connectivity index (χ1) is 14.4. The summed E-state index contributed by atoms with van der Waals surface area (Å²) in [4.78, 5) is 8.04. The van der Waals surface area contributed by atoms with E-state index in [9.17, 15) is 26.9 Å². The largest absolute Gasteiger partial charge is 0.417 e. The van der Waals surface area contributed by atoms with Gasteiger partial charge in [0.1, 0.15) is 11.9 Å². The Morgan fingerprint density at radius 1 is 1.19 bits per heavy atom. The first kappa shape index (κ1) is 22.9. The van der Waals surface area contributed by atoms with Crippen LogP contribution in [0.1, 0.15) is 25.0 Å². The predicted molar refractivity (Wildman–Crippen MR) is 112 cm³/mol. The topological polar surface area (TPSA) is 77.3 Å². The second kappa shape index (κ2) is 8.38. The average molecular weight is 453 g/mol. The Labute approximate surface area is 179 Å². The summed E-state index contributed by atoms with van der Waals surface area (Å²) in [7, 11) is -3.57. The van der Waals surface area contributed by atoms with Crippen LogP contribution in [0.5, 0.6) is 0 Å². The van der Waals surface area contributed by atoms with Crippen molar-refractivity contribution in [3.63, 3.8) is 0 Å². The molecule has 2 aromatic rings. The van der Waals surface area contributed by atoms with Crippen molar-refractivity contribution in [2.75, 3.05) is 35.7 Å². The van der Waals surface area contributed by atoms with E-state index in [1.807, 2.05) is 29.7 Å². The first-order valence-corrected chi connectivity index (χ1v) is 11.6. The van der Waals surface area contributed by atoms with Crippen molar-refractivity contribution >= 4 is 21.3 Å². The van der Waals surface area contributed by atoms with Gasteiger partial charge in [0.25, 0.3) is 0 Å². The molecule has 166 valence electrons. The lowest BCUT2D eigenvalue weighted by Gasteiger charge is -2.45. The summed E-state index contributed by atoms with van der Waals surface area (Å²) in [5.74, 6) is 0.641. The highest BCUT2D eigenvalue weighted by atomic mass is 32.2. The van der Waals surface area contributed by atoms with Gasteiger partial charge in [0.2, 0.25) is 0 Å². The maximum absolute atomic E-state index is 12.9. The number of halogens is 3. The van der Waals surface area contributed by atoms with Crippen LogP contribution in [0.25, 0.3) is 0 Å². The third kappa shape index (κ3) is 4.93. The van der Waals surface area contributed by atoms with Crippen LogP contribution in [0.3, 0.4) is 0 Å². The number of pyridine rings is 1. The van der Waals surface area contributed by atoms with Crippen molar-refractivity contribution in [1.29, 1.82) is 5.26 Å². The van der Waals surface area contributed by atoms with Crippen molar-refractivity contribution in [3.05, 3.63) is 47.7 Å². The van der Waals surface area contributed by atoms with E-state index >= 15 is 0 Å². The lowest BCUT2D eigenvalue weighted by molar-refractivity contribution is -0.137. The highest BCUT2D eigenvalue weighted by Gasteiger charge is 2.33. The molecule has 1 unspecified atom stereocenters. The summed E-state index contributed by atoms with van der Waals surface area (Å²) in [5.41, 5.74) is -0.00813. The van der Waals surface area contributed by atoms with E-state index in [0.29, 0.717) is 31.1 Å². The smallest absolute Gasteiger partial charge is 0.368 e. The van der Waals surface area contributed by atoms with Gasteiger partial charge in [-0.05, 0) is 36.2 Å². The molecule has 1 aliphatic rings. The third-order valence-corrected chi connectivity index (χ3v) is 6.54. The van der Waals surface area contributed by atoms with Gasteiger partial charge in [-0.15, -0.1) is 0 Å². The lowest BCUT2D eigenvalue weighted by atomic mass is 9.98. The van der Waals surface area contributed by atoms with E-state index < -0.39 is 21.6 Å². The molecule has 0 spiro atoms. The van der Waals surface area contributed by atoms with E-state index in [2.05, 4.69) is 4.98 Å². The molecule has 0 radical (unpaired) electrons. The molecule has 0 saturated carbocycles. The zero-order valence-corrected chi connectivity index (χ0v) is 18.2. The van der Waals surface area contributed by atoms with Crippen molar-refractivity contribution < 1.29 is 21.6 Å². The number of hydrogen-bond donors (Lipinski definition) is 0. The van der Waals surface area contributed by atoms with Gasteiger partial charge in [-0.3, -0.25) is 0 Å². The summed E-state index contributed by atoms with van der Waals surface area (Å²) >= 11 is 0. The second-order valence-electron chi connectivity index (χ2n) is 7.92. The molecule has 0 bridgehead atoms. The van der Waals surface area contributed by atoms with Gasteiger partial charge in [-0.1, -0.05) is 13.8 Å². The number of sulfone groups is 1. The van der Waals surface area contributed by atoms with E-state index in [-0.39, 0.29) is 22.4 Å². The zero-order valence-electron chi connectivity index (χ0n) is 17.4. The monoisotopic (exact) mass is 452 g/mol. The number of hydrogen-bond acceptors (Lipinski definition) is 6. The van der Waals surface area contributed by atoms with Crippen molar-refractivity contribution in [3.8, 4) is 6.07 Å². The Kier molecular flexibility index (Phi) is 6.18. The molecule has 1 fully saturated rings. The van der Waals surface area contributed by atoms with E-state index in [1.54, 1.807) is 6.07 Å². The fourth-order valence-electron chi connectivity index (χ4n) is 3.73. The molecule has 1 aromatic heterocycles. The highest BCUT2D eigenvalue weighted by molar-refractivity contribution is 7.90. The van der Waals surface area contributed by atoms with Crippen LogP contribution in [0.15, 0.2) is 41.4 Å². The second-order valence-corrected chi connectivity index (χ2v) is 9.90. The van der Waals surface area contributed by atoms with Crippen molar-refractivity contribution in [1.82, 2.24) is 4.98 Å². The maximum Gasteiger partial charge on any atom is 0.417 e. The molecule has 3 rings (SSSR count). The number of aromatic nitrogens is 1. The summed E-state index contributed by atoms with van der Waals surface area (Å²) in [5, 5.41) is 9.22. The van der Waals surface area contributed by atoms with Gasteiger partial charge in [0, 0.05) is 37.8 Å². The molecular formula is C21H23F3N4O2S. The van der Waals surface area contributed by atoms with Gasteiger partial charge in [-0.2, -0.15) is 18.4 Å². The molecule has 0 N–H and O–H groups in total. The Morgan fingerprint density at radius 3 is 2.42 bits per heavy atom. The number of alkyl halides is 3. The van der Waals surface area contributed by atoms with Gasteiger partial charge in [0.05, 0.1) is 22.1 Å². The molecule has 10 heteroatoms. The SMILES string of the molecule is CC(C)C1CN(c2ccc(C#N)c(S(C)(=O)=O)c2)CCN1c1ccc(C(F)(F)F)cn1. The van der Waals surface area contributed by atoms with Crippen LogP contribution >= 0.6 is 0 Å². The normalized spacial score (nSPS) is 17.7. The van der Waals surface area contributed by atoms with Crippen molar-refractivity contribution in [2.45, 2.75) is 31.0 Å². The fraction of sp³-hybridized carbons (Fsp3) is 0.429. The number of piperazine rings is 1. The summed E-state index contributed by atoms with van der Waals surface area (Å²) < 4.78 is 62.7. The standard InChI is InChI=1S/C21H23F3N4O2S/c1-14(2)18-13-27(17-6-4-15(11-25)19(10-17)31(3,29)30)8-9-28(18)20-7-5-16(12-26-20)21(22,23)24/h4-7,10,12,14,18H,8-9,13H2,1-3H3. The van der Waals surface area contributed by atoms with Crippen molar-refractivity contribution in [2.24, 2.45) is 5.92 Å². The number of benzene rings is 1. The molecule has 1 saturated heterocycles. The molecule has 0 amide bonds. The molecule has 31 heavy (non-hydrogen) atoms. The number of rotatable bonds is 4. The van der Waals surface area contributed by atoms with Crippen LogP contribution in [-0.4, -0.2) is 45.3 Å². The Morgan fingerprint density at radius 2 is 1.90 bits per heavy atom. The third-order valence-electron chi connectivity index (χ3n) is 5.41. The minimum absolute atomic E-state index is 0.0135. The molecule has 0 aliphatic carbocycles. The molecular weight excluding hydrogens is 429 g/mol. The average Bonchev–Trinajstić information content (AvgIpc) is 2.71. The summed E-state index contributed by atoms with van der Waals surface area (Å²) in [6, 6.07) is 9.01. The Hall–Kier alpha value is -2.80. The molecule has 2 heterocycles. The number of nitrogens with zero attached hydrogens (tertiary/aromatic N) is 4. The van der Waals surface area contributed by atoms with Gasteiger partial charge in [0.15, 0.2) is 9.84 Å². The van der Waals surface area contributed by atoms with Gasteiger partial charge >= 0.3 is 6.18 Å². The van der Waals surface area contributed by atoms with Crippen LogP contribution < -0.4 is 9.80 Å². The van der Waals surface area contributed by atoms with Crippen LogP contribution in [0, 0.1) is 17.2 Å². The molecule has 1 aromatic carbocycles. The first-order valence-electron chi connectivity index (χ1n) is 9.71. The number of anilines is 2. The van der Waals surface area contributed by atoms with E-state index in [1.165, 1.54) is 18.2 Å². The van der Waals surface area contributed by atoms with E-state index in [0.717, 1.165) is 18.5 Å². The Bertz CT molecular complexity index is 1090. The quantitative estimate of drug-likeness (QED) is 0.704.